The van der Waals surface area contributed by atoms with Gasteiger partial charge in [0.25, 0.3) is 5.91 Å². The second-order valence-corrected chi connectivity index (χ2v) is 5.92. The molecule has 2 amide bonds. The molecule has 132 valence electrons. The number of anilines is 1. The highest BCUT2D eigenvalue weighted by Gasteiger charge is 2.21. The molecule has 25 heavy (non-hydrogen) atoms. The molecule has 0 aliphatic carbocycles. The Bertz CT molecular complexity index is 734. The molecule has 1 aliphatic rings. The predicted molar refractivity (Wildman–Crippen MR) is 94.1 cm³/mol. The third kappa shape index (κ3) is 4.64. The summed E-state index contributed by atoms with van der Waals surface area (Å²) >= 11 is 6.04. The van der Waals surface area contributed by atoms with E-state index in [-0.39, 0.29) is 11.7 Å². The molecular formula is C17H19ClN4O3. The SMILES string of the molecule is COC(=O)N1CCN(/C=C(/C#N)C(=O)Nc2cccc(Cl)c2C)CC1. The Hall–Kier alpha value is -2.72. The molecule has 0 aromatic heterocycles. The smallest absolute Gasteiger partial charge is 0.409 e. The summed E-state index contributed by atoms with van der Waals surface area (Å²) in [5.74, 6) is -0.497. The molecule has 1 N–H and O–H groups in total. The van der Waals surface area contributed by atoms with Crippen molar-refractivity contribution in [1.29, 1.82) is 5.26 Å². The minimum Gasteiger partial charge on any atom is -0.453 e. The van der Waals surface area contributed by atoms with Crippen LogP contribution in [-0.4, -0.2) is 55.1 Å². The lowest BCUT2D eigenvalue weighted by atomic mass is 10.2. The van der Waals surface area contributed by atoms with E-state index in [4.69, 9.17) is 11.6 Å². The number of carbonyl (C=O) groups is 2. The van der Waals surface area contributed by atoms with E-state index in [1.165, 1.54) is 13.3 Å². The molecule has 8 heteroatoms. The Morgan fingerprint density at radius 3 is 2.60 bits per heavy atom. The summed E-state index contributed by atoms with van der Waals surface area (Å²) in [5, 5.41) is 12.5. The highest BCUT2D eigenvalue weighted by Crippen LogP contribution is 2.23. The molecule has 0 spiro atoms. The maximum Gasteiger partial charge on any atom is 0.409 e. The first-order valence-electron chi connectivity index (χ1n) is 7.71. The number of amides is 2. The van der Waals surface area contributed by atoms with E-state index in [1.807, 2.05) is 11.0 Å². The molecule has 7 nitrogen and oxygen atoms in total. The number of carbonyl (C=O) groups excluding carboxylic acids is 2. The molecular weight excluding hydrogens is 344 g/mol. The van der Waals surface area contributed by atoms with Crippen molar-refractivity contribution in [1.82, 2.24) is 9.80 Å². The fourth-order valence-electron chi connectivity index (χ4n) is 2.42. The van der Waals surface area contributed by atoms with Crippen molar-refractivity contribution in [3.8, 4) is 6.07 Å². The number of nitriles is 1. The Balaban J connectivity index is 2.03. The van der Waals surface area contributed by atoms with Crippen molar-refractivity contribution < 1.29 is 14.3 Å². The normalized spacial score (nSPS) is 14.7. The van der Waals surface area contributed by atoms with E-state index in [0.717, 1.165) is 5.56 Å². The van der Waals surface area contributed by atoms with Crippen LogP contribution in [0.25, 0.3) is 0 Å². The van der Waals surface area contributed by atoms with Crippen LogP contribution in [0.2, 0.25) is 5.02 Å². The summed E-state index contributed by atoms with van der Waals surface area (Å²) < 4.78 is 4.68. The van der Waals surface area contributed by atoms with Gasteiger partial charge in [-0.25, -0.2) is 4.79 Å². The molecule has 0 saturated carbocycles. The zero-order chi connectivity index (χ0) is 18.4. The van der Waals surface area contributed by atoms with Gasteiger partial charge in [-0.15, -0.1) is 0 Å². The summed E-state index contributed by atoms with van der Waals surface area (Å²) in [6.07, 6.45) is 1.14. The van der Waals surface area contributed by atoms with Gasteiger partial charge < -0.3 is 19.9 Å². The summed E-state index contributed by atoms with van der Waals surface area (Å²) in [7, 11) is 1.34. The van der Waals surface area contributed by atoms with Gasteiger partial charge in [-0.1, -0.05) is 17.7 Å². The number of benzene rings is 1. The van der Waals surface area contributed by atoms with Crippen molar-refractivity contribution in [2.75, 3.05) is 38.6 Å². The Morgan fingerprint density at radius 2 is 2.00 bits per heavy atom. The van der Waals surface area contributed by atoms with Crippen LogP contribution in [0.5, 0.6) is 0 Å². The second-order valence-electron chi connectivity index (χ2n) is 5.51. The molecule has 1 aromatic rings. The van der Waals surface area contributed by atoms with Crippen molar-refractivity contribution in [2.45, 2.75) is 6.92 Å². The minimum absolute atomic E-state index is 0.00843. The van der Waals surface area contributed by atoms with Gasteiger partial charge >= 0.3 is 6.09 Å². The Kier molecular flexibility index (Phi) is 6.25. The van der Waals surface area contributed by atoms with Crippen LogP contribution in [-0.2, 0) is 9.53 Å². The summed E-state index contributed by atoms with van der Waals surface area (Å²) in [6.45, 7) is 3.76. The Labute approximate surface area is 151 Å². The largest absolute Gasteiger partial charge is 0.453 e. The fraction of sp³-hybridized carbons (Fsp3) is 0.353. The topological polar surface area (TPSA) is 85.7 Å². The van der Waals surface area contributed by atoms with Crippen LogP contribution in [0, 0.1) is 18.3 Å². The van der Waals surface area contributed by atoms with E-state index in [0.29, 0.717) is 36.9 Å². The number of rotatable bonds is 3. The standard InChI is InChI=1S/C17H19ClN4O3/c1-12-14(18)4-3-5-15(12)20-16(23)13(10-19)11-21-6-8-22(9-7-21)17(24)25-2/h3-5,11H,6-9H2,1-2H3,(H,20,23)/b13-11-. The van der Waals surface area contributed by atoms with Gasteiger partial charge in [0.05, 0.1) is 7.11 Å². The first kappa shape index (κ1) is 18.6. The fourth-order valence-corrected chi connectivity index (χ4v) is 2.59. The zero-order valence-corrected chi connectivity index (χ0v) is 14.8. The van der Waals surface area contributed by atoms with Crippen molar-refractivity contribution in [3.63, 3.8) is 0 Å². The number of nitrogens with zero attached hydrogens (tertiary/aromatic N) is 3. The maximum absolute atomic E-state index is 12.3. The molecule has 1 fully saturated rings. The number of halogens is 1. The molecule has 1 aromatic carbocycles. The van der Waals surface area contributed by atoms with Crippen LogP contribution in [0.1, 0.15) is 5.56 Å². The van der Waals surface area contributed by atoms with Gasteiger partial charge in [-0.2, -0.15) is 5.26 Å². The van der Waals surface area contributed by atoms with Crippen LogP contribution < -0.4 is 5.32 Å². The first-order valence-corrected chi connectivity index (χ1v) is 8.09. The molecule has 0 radical (unpaired) electrons. The monoisotopic (exact) mass is 362 g/mol. The van der Waals surface area contributed by atoms with Gasteiger partial charge in [0.2, 0.25) is 0 Å². The van der Waals surface area contributed by atoms with Gasteiger partial charge in [-0.3, -0.25) is 4.79 Å². The highest BCUT2D eigenvalue weighted by molar-refractivity contribution is 6.31. The first-order chi connectivity index (χ1) is 12.0. The summed E-state index contributed by atoms with van der Waals surface area (Å²) in [4.78, 5) is 27.2. The van der Waals surface area contributed by atoms with Gasteiger partial charge in [0.1, 0.15) is 11.6 Å². The van der Waals surface area contributed by atoms with Crippen LogP contribution in [0.3, 0.4) is 0 Å². The average molecular weight is 363 g/mol. The third-order valence-electron chi connectivity index (χ3n) is 3.94. The third-order valence-corrected chi connectivity index (χ3v) is 4.35. The van der Waals surface area contributed by atoms with Crippen molar-refractivity contribution in [3.05, 3.63) is 40.6 Å². The minimum atomic E-state index is -0.497. The summed E-state index contributed by atoms with van der Waals surface area (Å²) in [5.41, 5.74) is 1.29. The number of ether oxygens (including phenoxy) is 1. The van der Waals surface area contributed by atoms with Crippen molar-refractivity contribution >= 4 is 29.3 Å². The van der Waals surface area contributed by atoms with Crippen LogP contribution in [0.4, 0.5) is 10.5 Å². The van der Waals surface area contributed by atoms with Gasteiger partial charge in [0.15, 0.2) is 0 Å². The van der Waals surface area contributed by atoms with E-state index in [9.17, 15) is 14.9 Å². The maximum atomic E-state index is 12.3. The lowest BCUT2D eigenvalue weighted by Crippen LogP contribution is -2.47. The molecule has 0 atom stereocenters. The number of nitrogens with one attached hydrogen (secondary N) is 1. The highest BCUT2D eigenvalue weighted by atomic mass is 35.5. The average Bonchev–Trinajstić information content (AvgIpc) is 2.63. The van der Waals surface area contributed by atoms with Crippen LogP contribution >= 0.6 is 11.6 Å². The van der Waals surface area contributed by atoms with Crippen LogP contribution in [0.15, 0.2) is 30.0 Å². The lowest BCUT2D eigenvalue weighted by Gasteiger charge is -2.33. The Morgan fingerprint density at radius 1 is 1.32 bits per heavy atom. The molecule has 0 unspecified atom stereocenters. The van der Waals surface area contributed by atoms with E-state index in [1.54, 1.807) is 30.0 Å². The number of hydrogen-bond acceptors (Lipinski definition) is 5. The van der Waals surface area contributed by atoms with E-state index < -0.39 is 5.91 Å². The molecule has 0 bridgehead atoms. The molecule has 1 heterocycles. The van der Waals surface area contributed by atoms with Gasteiger partial charge in [-0.05, 0) is 24.6 Å². The van der Waals surface area contributed by atoms with Crippen molar-refractivity contribution in [2.24, 2.45) is 0 Å². The number of piperazine rings is 1. The zero-order valence-electron chi connectivity index (χ0n) is 14.1. The molecule has 1 aliphatic heterocycles. The molecule has 1 saturated heterocycles. The quantitative estimate of drug-likeness (QED) is 0.659. The van der Waals surface area contributed by atoms with E-state index >= 15 is 0 Å². The lowest BCUT2D eigenvalue weighted by molar-refractivity contribution is -0.112. The van der Waals surface area contributed by atoms with Gasteiger partial charge in [0, 0.05) is 43.1 Å². The number of hydrogen-bond donors (Lipinski definition) is 1. The predicted octanol–water partition coefficient (Wildman–Crippen LogP) is 2.38. The van der Waals surface area contributed by atoms with E-state index in [2.05, 4.69) is 10.1 Å². The second kappa shape index (κ2) is 8.40. The number of methoxy groups -OCH3 is 1. The molecule has 2 rings (SSSR count). The summed E-state index contributed by atoms with van der Waals surface area (Å²) in [6, 6.07) is 7.10.